The van der Waals surface area contributed by atoms with Gasteiger partial charge in [0.1, 0.15) is 23.4 Å². The largest absolute Gasteiger partial charge is 0.362 e. The van der Waals surface area contributed by atoms with Crippen LogP contribution in [-0.4, -0.2) is 81.0 Å². The maximum atomic E-state index is 16.3. The molecule has 0 bridgehead atoms. The predicted octanol–water partition coefficient (Wildman–Crippen LogP) is 5.94. The molecule has 338 valence electrons. The van der Waals surface area contributed by atoms with Crippen LogP contribution in [0.25, 0.3) is 11.0 Å². The number of nitrogens with one attached hydrogen (secondary N) is 4. The summed E-state index contributed by atoms with van der Waals surface area (Å²) in [6.07, 6.45) is 3.39. The van der Waals surface area contributed by atoms with E-state index in [1.165, 1.54) is 15.2 Å². The number of ether oxygens (including phenoxy) is 1. The normalized spacial score (nSPS) is 24.5. The first-order valence-corrected chi connectivity index (χ1v) is 22.8. The quantitative estimate of drug-likeness (QED) is 0.124. The van der Waals surface area contributed by atoms with E-state index in [2.05, 4.69) is 33.1 Å². The summed E-state index contributed by atoms with van der Waals surface area (Å²) in [6.45, 7) is 0.711. The van der Waals surface area contributed by atoms with Gasteiger partial charge in [-0.3, -0.25) is 43.7 Å². The highest BCUT2D eigenvalue weighted by Gasteiger charge is 2.72. The molecule has 1 aliphatic carbocycles. The zero-order chi connectivity index (χ0) is 46.1. The van der Waals surface area contributed by atoms with Gasteiger partial charge in [0, 0.05) is 53.4 Å². The van der Waals surface area contributed by atoms with Crippen LogP contribution in [0, 0.1) is 17.7 Å². The lowest BCUT2D eigenvalue weighted by Crippen LogP contribution is -2.60. The molecule has 0 radical (unpaired) electrons. The van der Waals surface area contributed by atoms with Crippen molar-refractivity contribution >= 4 is 75.1 Å². The Kier molecular flexibility index (Phi) is 11.1. The van der Waals surface area contributed by atoms with Gasteiger partial charge in [-0.15, -0.1) is 0 Å². The van der Waals surface area contributed by atoms with Crippen molar-refractivity contribution in [2.75, 3.05) is 30.3 Å². The van der Waals surface area contributed by atoms with Crippen LogP contribution in [0.4, 0.5) is 15.8 Å². The summed E-state index contributed by atoms with van der Waals surface area (Å²) in [7, 11) is 1.60. The molecule has 66 heavy (non-hydrogen) atoms. The molecule has 4 fully saturated rings. The van der Waals surface area contributed by atoms with Gasteiger partial charge in [-0.05, 0) is 85.0 Å². The number of carbonyl (C=O) groups excluding carboxylic acids is 5. The van der Waals surface area contributed by atoms with Gasteiger partial charge >= 0.3 is 5.69 Å². The Morgan fingerprint density at radius 1 is 0.939 bits per heavy atom. The summed E-state index contributed by atoms with van der Waals surface area (Å²) < 4.78 is 25.1. The van der Waals surface area contributed by atoms with Gasteiger partial charge in [-0.25, -0.2) is 9.18 Å². The number of hydrogen-bond donors (Lipinski definition) is 4. The molecule has 1 unspecified atom stereocenters. The standard InChI is InChI=1S/C49H44Cl2FN7O7/c1-57-42-27(7-5-10-36(42)59(47(57)65)37-19-20-38(60)55-43(37)61)13-17-31-26-58(23-24-66-31)45(63)28-11-15-30(16-12-28)53-44(62)41-39(32-8-6-9-34(51)40(32)52)49(48(56-41)21-3-2-4-22-48)33-18-14-29(50)25-35(33)54-46(49)64/h5-12,14-16,18,25,31,37,39,41,56H,2-4,19-24,26H2,1H3,(H,53,62)(H,54,64)(H,55,60,61)/t31-,37?,39+,41-,49-/m1/s1. The van der Waals surface area contributed by atoms with E-state index in [0.29, 0.717) is 63.5 Å². The number of nitrogens with zero attached hydrogens (tertiary/aromatic N) is 3. The average Bonchev–Trinajstić information content (AvgIpc) is 3.87. The fourth-order valence-corrected chi connectivity index (χ4v) is 11.5. The molecule has 4 N–H and O–H groups in total. The number of fused-ring (bicyclic) bond motifs is 4. The van der Waals surface area contributed by atoms with Gasteiger partial charge in [-0.2, -0.15) is 0 Å². The Labute approximate surface area is 388 Å². The van der Waals surface area contributed by atoms with Crippen molar-refractivity contribution in [3.8, 4) is 11.8 Å². The molecule has 4 aliphatic heterocycles. The number of para-hydroxylation sites is 1. The highest BCUT2D eigenvalue weighted by atomic mass is 35.5. The second kappa shape index (κ2) is 16.8. The second-order valence-corrected chi connectivity index (χ2v) is 18.5. The number of halogens is 3. The van der Waals surface area contributed by atoms with E-state index in [9.17, 15) is 28.8 Å². The van der Waals surface area contributed by atoms with Crippen molar-refractivity contribution in [3.63, 3.8) is 0 Å². The number of piperidine rings is 1. The Morgan fingerprint density at radius 3 is 2.48 bits per heavy atom. The van der Waals surface area contributed by atoms with Crippen molar-refractivity contribution in [1.82, 2.24) is 24.7 Å². The molecule has 14 nitrogen and oxygen atoms in total. The number of amides is 5. The maximum absolute atomic E-state index is 16.3. The molecule has 5 atom stereocenters. The molecule has 4 aromatic carbocycles. The number of hydrogen-bond acceptors (Lipinski definition) is 8. The summed E-state index contributed by atoms with van der Waals surface area (Å²) in [5.74, 6) is 2.56. The molecule has 2 spiro atoms. The summed E-state index contributed by atoms with van der Waals surface area (Å²) in [5, 5.41) is 12.3. The Balaban J connectivity index is 0.885. The Bertz CT molecular complexity index is 3010. The monoisotopic (exact) mass is 931 g/mol. The third-order valence-electron chi connectivity index (χ3n) is 14.1. The number of morpholine rings is 1. The van der Waals surface area contributed by atoms with Gasteiger partial charge in [0.25, 0.3) is 5.91 Å². The first kappa shape index (κ1) is 43.6. The van der Waals surface area contributed by atoms with Gasteiger partial charge in [0.15, 0.2) is 0 Å². The van der Waals surface area contributed by atoms with Crippen LogP contribution in [0.15, 0.2) is 83.7 Å². The van der Waals surface area contributed by atoms with Crippen LogP contribution in [0.2, 0.25) is 10.0 Å². The van der Waals surface area contributed by atoms with Crippen LogP contribution >= 0.6 is 23.2 Å². The van der Waals surface area contributed by atoms with Crippen LogP contribution in [-0.2, 0) is 36.4 Å². The zero-order valence-corrected chi connectivity index (χ0v) is 37.2. The smallest absolute Gasteiger partial charge is 0.329 e. The molecule has 5 amide bonds. The van der Waals surface area contributed by atoms with Crippen molar-refractivity contribution in [1.29, 1.82) is 0 Å². The Hall–Kier alpha value is -6.31. The SMILES string of the molecule is Cn1c(=O)n(C2CCC(=O)NC2=O)c2cccc(C#C[C@@H]3CN(C(=O)c4ccc(NC(=O)[C@@H]5NC6(CCCCC6)[C@@]6(C(=O)Nc7cc(Cl)ccc76)[C@H]5c5cccc(Cl)c5F)cc4)CCO3)c21. The number of imidazole rings is 1. The number of anilines is 2. The molecule has 3 saturated heterocycles. The fraction of sp³-hybridized carbons (Fsp3) is 0.347. The lowest BCUT2D eigenvalue weighted by molar-refractivity contribution is -0.135. The average molecular weight is 933 g/mol. The number of aryl methyl sites for hydroxylation is 1. The van der Waals surface area contributed by atoms with Crippen LogP contribution < -0.4 is 27.0 Å². The van der Waals surface area contributed by atoms with Crippen LogP contribution in [0.1, 0.15) is 84.0 Å². The van der Waals surface area contributed by atoms with Gasteiger partial charge in [0.2, 0.25) is 23.6 Å². The van der Waals surface area contributed by atoms with Crippen LogP contribution in [0.3, 0.4) is 0 Å². The highest BCUT2D eigenvalue weighted by Crippen LogP contribution is 2.63. The molecular weight excluding hydrogens is 888 g/mol. The van der Waals surface area contributed by atoms with E-state index in [0.717, 1.165) is 19.3 Å². The maximum Gasteiger partial charge on any atom is 0.329 e. The number of aromatic nitrogens is 2. The minimum absolute atomic E-state index is 0.120. The molecule has 5 aromatic rings. The molecule has 5 aliphatic rings. The van der Waals surface area contributed by atoms with Crippen molar-refractivity contribution in [2.45, 2.75) is 80.0 Å². The van der Waals surface area contributed by atoms with E-state index in [-0.39, 0.29) is 54.3 Å². The van der Waals surface area contributed by atoms with E-state index in [1.54, 1.807) is 84.7 Å². The summed E-state index contributed by atoms with van der Waals surface area (Å²) in [6, 6.07) is 19.7. The number of imide groups is 1. The minimum atomic E-state index is -1.38. The number of benzene rings is 4. The van der Waals surface area contributed by atoms with E-state index in [4.69, 9.17) is 27.9 Å². The van der Waals surface area contributed by atoms with E-state index >= 15 is 4.39 Å². The molecule has 5 heterocycles. The Morgan fingerprint density at radius 2 is 1.71 bits per heavy atom. The third kappa shape index (κ3) is 7.00. The van der Waals surface area contributed by atoms with Gasteiger partial charge < -0.3 is 20.3 Å². The summed E-state index contributed by atoms with van der Waals surface area (Å²) in [5.41, 5.74) is 0.962. The van der Waals surface area contributed by atoms with E-state index < -0.39 is 58.4 Å². The fourth-order valence-electron chi connectivity index (χ4n) is 11.2. The summed E-state index contributed by atoms with van der Waals surface area (Å²) >= 11 is 12.8. The molecule has 10 rings (SSSR count). The first-order chi connectivity index (χ1) is 31.8. The topological polar surface area (TPSA) is 173 Å². The zero-order valence-electron chi connectivity index (χ0n) is 35.7. The van der Waals surface area contributed by atoms with Gasteiger partial charge in [-0.1, -0.05) is 78.6 Å². The summed E-state index contributed by atoms with van der Waals surface area (Å²) in [4.78, 5) is 82.8. The predicted molar refractivity (Wildman–Crippen MR) is 245 cm³/mol. The van der Waals surface area contributed by atoms with Crippen LogP contribution in [0.5, 0.6) is 0 Å². The molecule has 1 aromatic heterocycles. The lowest BCUT2D eigenvalue weighted by Gasteiger charge is -2.47. The third-order valence-corrected chi connectivity index (χ3v) is 14.6. The number of carbonyl (C=O) groups is 5. The molecule has 1 saturated carbocycles. The first-order valence-electron chi connectivity index (χ1n) is 22.0. The molecule has 17 heteroatoms. The number of rotatable bonds is 5. The van der Waals surface area contributed by atoms with E-state index in [1.807, 2.05) is 0 Å². The van der Waals surface area contributed by atoms with Gasteiger partial charge in [0.05, 0.1) is 40.8 Å². The van der Waals surface area contributed by atoms with Crippen molar-refractivity contribution in [2.24, 2.45) is 7.05 Å². The molecular formula is C49H44Cl2FN7O7. The minimum Gasteiger partial charge on any atom is -0.362 e. The van der Waals surface area contributed by atoms with Crippen molar-refractivity contribution in [3.05, 3.63) is 127 Å². The van der Waals surface area contributed by atoms with Crippen molar-refractivity contribution < 1.29 is 33.1 Å². The highest BCUT2D eigenvalue weighted by molar-refractivity contribution is 6.31. The lowest BCUT2D eigenvalue weighted by atomic mass is 9.55. The second-order valence-electron chi connectivity index (χ2n) is 17.6.